The van der Waals surface area contributed by atoms with Gasteiger partial charge in [-0.2, -0.15) is 0 Å². The molecule has 1 aromatic carbocycles. The van der Waals surface area contributed by atoms with Crippen LogP contribution in [0.4, 0.5) is 4.39 Å². The van der Waals surface area contributed by atoms with Crippen LogP contribution in [-0.4, -0.2) is 5.38 Å². The van der Waals surface area contributed by atoms with Gasteiger partial charge >= 0.3 is 0 Å². The molecule has 0 radical (unpaired) electrons. The van der Waals surface area contributed by atoms with Crippen molar-refractivity contribution in [1.82, 2.24) is 0 Å². The van der Waals surface area contributed by atoms with Gasteiger partial charge in [0.2, 0.25) is 0 Å². The Bertz CT molecular complexity index is 353. The lowest BCUT2D eigenvalue weighted by atomic mass is 9.98. The van der Waals surface area contributed by atoms with Crippen molar-refractivity contribution in [2.75, 3.05) is 0 Å². The van der Waals surface area contributed by atoms with E-state index < -0.39 is 0 Å². The SMILES string of the molecule is Fc1cccc(CC2CCC(Cl)C2)c1Br. The van der Waals surface area contributed by atoms with E-state index in [0.29, 0.717) is 15.8 Å². The molecule has 1 aliphatic carbocycles. The van der Waals surface area contributed by atoms with Gasteiger partial charge in [-0.1, -0.05) is 12.1 Å². The number of alkyl halides is 1. The third-order valence-electron chi connectivity index (χ3n) is 3.02. The monoisotopic (exact) mass is 290 g/mol. The summed E-state index contributed by atoms with van der Waals surface area (Å²) in [6.07, 6.45) is 4.25. The minimum absolute atomic E-state index is 0.173. The largest absolute Gasteiger partial charge is 0.206 e. The minimum Gasteiger partial charge on any atom is -0.206 e. The van der Waals surface area contributed by atoms with E-state index in [1.165, 1.54) is 6.07 Å². The highest BCUT2D eigenvalue weighted by Gasteiger charge is 2.23. The van der Waals surface area contributed by atoms with Crippen LogP contribution in [0.2, 0.25) is 0 Å². The summed E-state index contributed by atoms with van der Waals surface area (Å²) < 4.78 is 13.9. The van der Waals surface area contributed by atoms with Crippen LogP contribution in [0.1, 0.15) is 24.8 Å². The van der Waals surface area contributed by atoms with Gasteiger partial charge in [0.1, 0.15) is 5.82 Å². The van der Waals surface area contributed by atoms with Crippen LogP contribution in [0.15, 0.2) is 22.7 Å². The number of halogens is 3. The highest BCUT2D eigenvalue weighted by Crippen LogP contribution is 2.33. The van der Waals surface area contributed by atoms with Gasteiger partial charge in [0.15, 0.2) is 0 Å². The fourth-order valence-corrected chi connectivity index (χ4v) is 3.02. The Labute approximate surface area is 103 Å². The van der Waals surface area contributed by atoms with E-state index in [1.54, 1.807) is 6.07 Å². The number of rotatable bonds is 2. The average Bonchev–Trinajstić information content (AvgIpc) is 2.59. The topological polar surface area (TPSA) is 0 Å². The highest BCUT2D eigenvalue weighted by atomic mass is 79.9. The molecule has 82 valence electrons. The van der Waals surface area contributed by atoms with Crippen molar-refractivity contribution in [3.05, 3.63) is 34.1 Å². The molecular weight excluding hydrogens is 278 g/mol. The van der Waals surface area contributed by atoms with Crippen molar-refractivity contribution >= 4 is 27.5 Å². The second-order valence-electron chi connectivity index (χ2n) is 4.19. The molecule has 0 N–H and O–H groups in total. The smallest absolute Gasteiger partial charge is 0.137 e. The Balaban J connectivity index is 2.07. The first-order valence-corrected chi connectivity index (χ1v) is 6.46. The highest BCUT2D eigenvalue weighted by molar-refractivity contribution is 9.10. The summed E-state index contributed by atoms with van der Waals surface area (Å²) in [4.78, 5) is 0. The van der Waals surface area contributed by atoms with Crippen molar-refractivity contribution in [3.8, 4) is 0 Å². The molecule has 15 heavy (non-hydrogen) atoms. The van der Waals surface area contributed by atoms with Crippen molar-refractivity contribution in [1.29, 1.82) is 0 Å². The predicted molar refractivity (Wildman–Crippen MR) is 64.8 cm³/mol. The van der Waals surface area contributed by atoms with Crippen molar-refractivity contribution < 1.29 is 4.39 Å². The Morgan fingerprint density at radius 2 is 2.20 bits per heavy atom. The fourth-order valence-electron chi connectivity index (χ4n) is 2.22. The molecule has 0 aromatic heterocycles. The molecule has 1 fully saturated rings. The second kappa shape index (κ2) is 4.84. The summed E-state index contributed by atoms with van der Waals surface area (Å²) in [5.41, 5.74) is 1.06. The summed E-state index contributed by atoms with van der Waals surface area (Å²) in [6, 6.07) is 5.23. The molecule has 2 rings (SSSR count). The molecule has 2 atom stereocenters. The Morgan fingerprint density at radius 3 is 2.87 bits per heavy atom. The molecule has 1 aromatic rings. The first-order chi connectivity index (χ1) is 7.16. The first kappa shape index (κ1) is 11.4. The molecule has 0 bridgehead atoms. The molecule has 0 nitrogen and oxygen atoms in total. The molecular formula is C12H13BrClF. The molecule has 1 aliphatic rings. The summed E-state index contributed by atoms with van der Waals surface area (Å²) in [7, 11) is 0. The summed E-state index contributed by atoms with van der Waals surface area (Å²) in [6.45, 7) is 0. The predicted octanol–water partition coefficient (Wildman–Crippen LogP) is 4.54. The van der Waals surface area contributed by atoms with Crippen LogP contribution in [0.25, 0.3) is 0 Å². The summed E-state index contributed by atoms with van der Waals surface area (Å²) in [5.74, 6) is 0.443. The molecule has 0 amide bonds. The van der Waals surface area contributed by atoms with Crippen LogP contribution in [0.3, 0.4) is 0 Å². The van der Waals surface area contributed by atoms with E-state index in [9.17, 15) is 4.39 Å². The molecule has 2 unspecified atom stereocenters. The van der Waals surface area contributed by atoms with Gasteiger partial charge in [-0.05, 0) is 59.2 Å². The minimum atomic E-state index is -0.173. The van der Waals surface area contributed by atoms with Gasteiger partial charge < -0.3 is 0 Å². The zero-order valence-corrected chi connectivity index (χ0v) is 10.7. The second-order valence-corrected chi connectivity index (χ2v) is 5.60. The van der Waals surface area contributed by atoms with Crippen LogP contribution in [0, 0.1) is 11.7 Å². The van der Waals surface area contributed by atoms with Gasteiger partial charge in [0, 0.05) is 5.38 Å². The third-order valence-corrected chi connectivity index (χ3v) is 4.30. The maximum atomic E-state index is 13.3. The van der Waals surface area contributed by atoms with Crippen LogP contribution in [-0.2, 0) is 6.42 Å². The van der Waals surface area contributed by atoms with Crippen LogP contribution in [0.5, 0.6) is 0 Å². The molecule has 3 heteroatoms. The zero-order chi connectivity index (χ0) is 10.8. The fraction of sp³-hybridized carbons (Fsp3) is 0.500. The maximum Gasteiger partial charge on any atom is 0.137 e. The Morgan fingerprint density at radius 1 is 1.40 bits per heavy atom. The van der Waals surface area contributed by atoms with Crippen LogP contribution < -0.4 is 0 Å². The lowest BCUT2D eigenvalue weighted by Crippen LogP contribution is -2.01. The average molecular weight is 292 g/mol. The van der Waals surface area contributed by atoms with Gasteiger partial charge in [-0.15, -0.1) is 11.6 Å². The van der Waals surface area contributed by atoms with E-state index in [0.717, 1.165) is 31.2 Å². The molecule has 0 heterocycles. The quantitative estimate of drug-likeness (QED) is 0.702. The summed E-state index contributed by atoms with van der Waals surface area (Å²) >= 11 is 9.35. The van der Waals surface area contributed by atoms with Crippen molar-refractivity contribution in [2.24, 2.45) is 5.92 Å². The zero-order valence-electron chi connectivity index (χ0n) is 8.35. The van der Waals surface area contributed by atoms with E-state index in [2.05, 4.69) is 15.9 Å². The van der Waals surface area contributed by atoms with E-state index in [4.69, 9.17) is 11.6 Å². The van der Waals surface area contributed by atoms with Gasteiger partial charge in [0.05, 0.1) is 4.47 Å². The number of hydrogen-bond donors (Lipinski definition) is 0. The third kappa shape index (κ3) is 2.73. The van der Waals surface area contributed by atoms with E-state index >= 15 is 0 Å². The summed E-state index contributed by atoms with van der Waals surface area (Å²) in [5, 5.41) is 0.322. The Kier molecular flexibility index (Phi) is 3.68. The van der Waals surface area contributed by atoms with Crippen molar-refractivity contribution in [2.45, 2.75) is 31.1 Å². The standard InChI is InChI=1S/C12H13BrClF/c13-12-9(2-1-3-11(12)15)6-8-4-5-10(14)7-8/h1-3,8,10H,4-7H2. The molecule has 0 saturated heterocycles. The van der Waals surface area contributed by atoms with Gasteiger partial charge in [0.25, 0.3) is 0 Å². The maximum absolute atomic E-state index is 13.3. The normalized spacial score (nSPS) is 25.8. The number of benzene rings is 1. The Hall–Kier alpha value is -0.0800. The number of hydrogen-bond acceptors (Lipinski definition) is 0. The first-order valence-electron chi connectivity index (χ1n) is 5.23. The van der Waals surface area contributed by atoms with Crippen molar-refractivity contribution in [3.63, 3.8) is 0 Å². The molecule has 0 spiro atoms. The van der Waals surface area contributed by atoms with E-state index in [-0.39, 0.29) is 5.82 Å². The lowest BCUT2D eigenvalue weighted by Gasteiger charge is -2.11. The van der Waals surface area contributed by atoms with E-state index in [1.807, 2.05) is 6.07 Å². The van der Waals surface area contributed by atoms with Gasteiger partial charge in [-0.25, -0.2) is 4.39 Å². The van der Waals surface area contributed by atoms with Crippen LogP contribution >= 0.6 is 27.5 Å². The molecule has 1 saturated carbocycles. The van der Waals surface area contributed by atoms with Gasteiger partial charge in [-0.3, -0.25) is 0 Å². The lowest BCUT2D eigenvalue weighted by molar-refractivity contribution is 0.541. The molecule has 0 aliphatic heterocycles.